The van der Waals surface area contributed by atoms with Crippen LogP contribution in [0.2, 0.25) is 0 Å². The van der Waals surface area contributed by atoms with Crippen LogP contribution in [0.4, 0.5) is 0 Å². The number of aromatic nitrogens is 1. The van der Waals surface area contributed by atoms with Crippen molar-refractivity contribution in [3.05, 3.63) is 24.0 Å². The average Bonchev–Trinajstić information content (AvgIpc) is 3.04. The third-order valence-corrected chi connectivity index (χ3v) is 3.89. The van der Waals surface area contributed by atoms with Crippen LogP contribution < -0.4 is 0 Å². The van der Waals surface area contributed by atoms with Crippen molar-refractivity contribution in [2.75, 3.05) is 13.2 Å². The summed E-state index contributed by atoms with van der Waals surface area (Å²) in [5, 5.41) is 8.94. The van der Waals surface area contributed by atoms with Crippen molar-refractivity contribution in [2.45, 2.75) is 51.6 Å². The number of hydrogen-bond acceptors (Lipinski definition) is 2. The van der Waals surface area contributed by atoms with E-state index in [0.717, 1.165) is 37.9 Å². The number of hydrogen-bond donors (Lipinski definition) is 1. The number of likely N-dealkylation sites (tertiary alicyclic amines) is 1. The van der Waals surface area contributed by atoms with Gasteiger partial charge in [0, 0.05) is 31.4 Å². The van der Waals surface area contributed by atoms with Gasteiger partial charge in [-0.1, -0.05) is 0 Å². The van der Waals surface area contributed by atoms with E-state index in [2.05, 4.69) is 13.8 Å². The van der Waals surface area contributed by atoms with Crippen molar-refractivity contribution in [1.82, 2.24) is 9.47 Å². The third kappa shape index (κ3) is 3.00. The summed E-state index contributed by atoms with van der Waals surface area (Å²) >= 11 is 0. The molecule has 1 unspecified atom stereocenters. The Balaban J connectivity index is 2.11. The molecule has 1 aromatic rings. The molecule has 1 aliphatic heterocycles. The summed E-state index contributed by atoms with van der Waals surface area (Å²) in [5.41, 5.74) is 0.783. The van der Waals surface area contributed by atoms with Crippen molar-refractivity contribution in [3.63, 3.8) is 0 Å². The maximum absolute atomic E-state index is 12.6. The molecule has 1 aromatic heterocycles. The van der Waals surface area contributed by atoms with Crippen LogP contribution in [0.15, 0.2) is 18.3 Å². The van der Waals surface area contributed by atoms with E-state index >= 15 is 0 Å². The minimum Gasteiger partial charge on any atom is -0.396 e. The SMILES string of the molecule is CC(C)n1cccc1C(=O)N1CCCC1CCCO. The molecule has 1 amide bonds. The van der Waals surface area contributed by atoms with Crippen LogP contribution in [-0.2, 0) is 0 Å². The van der Waals surface area contributed by atoms with Crippen LogP contribution in [0.5, 0.6) is 0 Å². The third-order valence-electron chi connectivity index (χ3n) is 3.89. The molecule has 0 radical (unpaired) electrons. The number of carbonyl (C=O) groups excluding carboxylic acids is 1. The van der Waals surface area contributed by atoms with Crippen molar-refractivity contribution in [3.8, 4) is 0 Å². The van der Waals surface area contributed by atoms with Crippen LogP contribution in [0.25, 0.3) is 0 Å². The first kappa shape index (κ1) is 14.1. The largest absolute Gasteiger partial charge is 0.396 e. The van der Waals surface area contributed by atoms with Gasteiger partial charge >= 0.3 is 0 Å². The molecule has 4 nitrogen and oxygen atoms in total. The molecule has 1 fully saturated rings. The molecule has 1 saturated heterocycles. The second-order valence-electron chi connectivity index (χ2n) is 5.55. The van der Waals surface area contributed by atoms with Gasteiger partial charge in [-0.2, -0.15) is 0 Å². The van der Waals surface area contributed by atoms with Crippen LogP contribution in [0, 0.1) is 0 Å². The van der Waals surface area contributed by atoms with Gasteiger partial charge in [0.2, 0.25) is 0 Å². The molecule has 19 heavy (non-hydrogen) atoms. The Kier molecular flexibility index (Phi) is 4.64. The Morgan fingerprint density at radius 2 is 2.32 bits per heavy atom. The second-order valence-corrected chi connectivity index (χ2v) is 5.55. The smallest absolute Gasteiger partial charge is 0.270 e. The minimum atomic E-state index is 0.138. The molecule has 0 spiro atoms. The topological polar surface area (TPSA) is 45.5 Å². The number of aliphatic hydroxyl groups excluding tert-OH is 1. The fraction of sp³-hybridized carbons (Fsp3) is 0.667. The van der Waals surface area contributed by atoms with E-state index in [1.54, 1.807) is 0 Å². The zero-order chi connectivity index (χ0) is 13.8. The molecule has 0 bridgehead atoms. The normalized spacial score (nSPS) is 19.4. The van der Waals surface area contributed by atoms with E-state index in [9.17, 15) is 4.79 Å². The standard InChI is InChI=1S/C15H24N2O2/c1-12(2)16-9-4-8-14(16)15(19)17-10-3-6-13(17)7-5-11-18/h4,8-9,12-13,18H,3,5-7,10-11H2,1-2H3. The first-order valence-electron chi connectivity index (χ1n) is 7.23. The number of aliphatic hydroxyl groups is 1. The van der Waals surface area contributed by atoms with Gasteiger partial charge in [-0.3, -0.25) is 4.79 Å². The van der Waals surface area contributed by atoms with E-state index in [-0.39, 0.29) is 12.5 Å². The maximum Gasteiger partial charge on any atom is 0.270 e. The summed E-state index contributed by atoms with van der Waals surface area (Å²) in [7, 11) is 0. The highest BCUT2D eigenvalue weighted by atomic mass is 16.3. The molecule has 2 rings (SSSR count). The molecule has 106 valence electrons. The predicted molar refractivity (Wildman–Crippen MR) is 75.2 cm³/mol. The quantitative estimate of drug-likeness (QED) is 0.888. The van der Waals surface area contributed by atoms with Crippen molar-refractivity contribution in [1.29, 1.82) is 0 Å². The van der Waals surface area contributed by atoms with Crippen LogP contribution in [-0.4, -0.2) is 39.7 Å². The summed E-state index contributed by atoms with van der Waals surface area (Å²) in [6.45, 7) is 5.23. The first-order valence-corrected chi connectivity index (χ1v) is 7.23. The number of carbonyl (C=O) groups is 1. The van der Waals surface area contributed by atoms with Crippen LogP contribution >= 0.6 is 0 Å². The fourth-order valence-corrected chi connectivity index (χ4v) is 2.90. The van der Waals surface area contributed by atoms with Crippen molar-refractivity contribution in [2.24, 2.45) is 0 Å². The lowest BCUT2D eigenvalue weighted by molar-refractivity contribution is 0.0712. The molecule has 1 atom stereocenters. The predicted octanol–water partition coefficient (Wildman–Crippen LogP) is 2.45. The monoisotopic (exact) mass is 264 g/mol. The summed E-state index contributed by atoms with van der Waals surface area (Å²) in [6.07, 6.45) is 5.79. The Hall–Kier alpha value is -1.29. The molecule has 2 heterocycles. The van der Waals surface area contributed by atoms with E-state index in [0.29, 0.717) is 12.1 Å². The summed E-state index contributed by atoms with van der Waals surface area (Å²) in [4.78, 5) is 14.6. The van der Waals surface area contributed by atoms with Gasteiger partial charge in [-0.15, -0.1) is 0 Å². The van der Waals surface area contributed by atoms with Gasteiger partial charge in [0.1, 0.15) is 5.69 Å². The maximum atomic E-state index is 12.6. The van der Waals surface area contributed by atoms with Gasteiger partial charge in [-0.05, 0) is 51.7 Å². The summed E-state index contributed by atoms with van der Waals surface area (Å²) in [5.74, 6) is 0.138. The van der Waals surface area contributed by atoms with E-state index < -0.39 is 0 Å². The number of rotatable bonds is 5. The van der Waals surface area contributed by atoms with Gasteiger partial charge in [0.05, 0.1) is 0 Å². The lowest BCUT2D eigenvalue weighted by Gasteiger charge is -2.25. The Bertz CT molecular complexity index is 426. The molecule has 0 aromatic carbocycles. The summed E-state index contributed by atoms with van der Waals surface area (Å²) < 4.78 is 2.03. The highest BCUT2D eigenvalue weighted by Crippen LogP contribution is 2.24. The van der Waals surface area contributed by atoms with E-state index in [1.165, 1.54) is 0 Å². The van der Waals surface area contributed by atoms with Gasteiger partial charge in [-0.25, -0.2) is 0 Å². The van der Waals surface area contributed by atoms with Crippen molar-refractivity contribution >= 4 is 5.91 Å². The Morgan fingerprint density at radius 1 is 1.53 bits per heavy atom. The highest BCUT2D eigenvalue weighted by molar-refractivity contribution is 5.93. The van der Waals surface area contributed by atoms with Gasteiger partial charge in [0.15, 0.2) is 0 Å². The van der Waals surface area contributed by atoms with Crippen molar-refractivity contribution < 1.29 is 9.90 Å². The van der Waals surface area contributed by atoms with Crippen LogP contribution in [0.3, 0.4) is 0 Å². The number of amides is 1. The fourth-order valence-electron chi connectivity index (χ4n) is 2.90. The number of nitrogens with zero attached hydrogens (tertiary/aromatic N) is 2. The highest BCUT2D eigenvalue weighted by Gasteiger charge is 2.30. The molecule has 1 N–H and O–H groups in total. The Morgan fingerprint density at radius 3 is 3.00 bits per heavy atom. The van der Waals surface area contributed by atoms with E-state index in [4.69, 9.17) is 5.11 Å². The lowest BCUT2D eigenvalue weighted by Crippen LogP contribution is -2.36. The molecule has 0 aliphatic carbocycles. The zero-order valence-corrected chi connectivity index (χ0v) is 11.9. The zero-order valence-electron chi connectivity index (χ0n) is 11.9. The molecule has 4 heteroatoms. The average molecular weight is 264 g/mol. The molecular formula is C15H24N2O2. The molecule has 0 saturated carbocycles. The Labute approximate surface area is 115 Å². The molecular weight excluding hydrogens is 240 g/mol. The van der Waals surface area contributed by atoms with Gasteiger partial charge in [0.25, 0.3) is 5.91 Å². The first-order chi connectivity index (χ1) is 9.15. The molecule has 1 aliphatic rings. The van der Waals surface area contributed by atoms with E-state index in [1.807, 2.05) is 27.8 Å². The lowest BCUT2D eigenvalue weighted by atomic mass is 10.1. The van der Waals surface area contributed by atoms with Gasteiger partial charge < -0.3 is 14.6 Å². The minimum absolute atomic E-state index is 0.138. The second kappa shape index (κ2) is 6.24. The summed E-state index contributed by atoms with van der Waals surface area (Å²) in [6, 6.07) is 4.44. The van der Waals surface area contributed by atoms with Crippen LogP contribution in [0.1, 0.15) is 56.1 Å².